The van der Waals surface area contributed by atoms with E-state index in [-0.39, 0.29) is 18.1 Å². The van der Waals surface area contributed by atoms with Crippen molar-refractivity contribution in [2.75, 3.05) is 5.32 Å². The fraction of sp³-hybridized carbons (Fsp3) is 0.130. The summed E-state index contributed by atoms with van der Waals surface area (Å²) in [5, 5.41) is 11.8. The number of carbonyl (C=O) groups is 1. The van der Waals surface area contributed by atoms with Crippen molar-refractivity contribution in [3.8, 4) is 11.3 Å². The predicted octanol–water partition coefficient (Wildman–Crippen LogP) is 3.83. The maximum absolute atomic E-state index is 12.8. The maximum Gasteiger partial charge on any atom is 0.350 e. The largest absolute Gasteiger partial charge is 0.350 e. The first kappa shape index (κ1) is 20.2. The molecule has 0 fully saturated rings. The van der Waals surface area contributed by atoms with Crippen LogP contribution in [0.1, 0.15) is 11.1 Å². The van der Waals surface area contributed by atoms with Crippen LogP contribution in [0, 0.1) is 13.8 Å². The third-order valence-corrected chi connectivity index (χ3v) is 5.94. The topological polar surface area (TPSA) is 85.7 Å². The van der Waals surface area contributed by atoms with Gasteiger partial charge < -0.3 is 5.32 Å². The summed E-state index contributed by atoms with van der Waals surface area (Å²) >= 11 is 3.36. The van der Waals surface area contributed by atoms with Gasteiger partial charge in [0.05, 0.1) is 5.69 Å². The molecule has 0 aliphatic rings. The zero-order valence-corrected chi connectivity index (χ0v) is 19.0. The predicted molar refractivity (Wildman–Crippen MR) is 126 cm³/mol. The molecule has 9 heteroatoms. The van der Waals surface area contributed by atoms with Crippen molar-refractivity contribution < 1.29 is 4.79 Å². The van der Waals surface area contributed by atoms with E-state index in [2.05, 4.69) is 57.4 Å². The molecular weight excluding hydrogens is 472 g/mol. The van der Waals surface area contributed by atoms with Crippen LogP contribution < -0.4 is 11.0 Å². The van der Waals surface area contributed by atoms with Crippen LogP contribution in [-0.2, 0) is 11.3 Å². The van der Waals surface area contributed by atoms with Gasteiger partial charge in [0.15, 0.2) is 5.65 Å². The molecule has 0 atom stereocenters. The van der Waals surface area contributed by atoms with E-state index in [1.165, 1.54) is 15.5 Å². The molecule has 0 bridgehead atoms. The highest BCUT2D eigenvalue weighted by Crippen LogP contribution is 2.23. The number of benzene rings is 2. The molecule has 1 amide bonds. The van der Waals surface area contributed by atoms with Crippen LogP contribution in [0.4, 0.5) is 5.69 Å². The first-order valence-electron chi connectivity index (χ1n) is 10.00. The van der Waals surface area contributed by atoms with Crippen molar-refractivity contribution in [1.82, 2.24) is 23.8 Å². The Balaban J connectivity index is 1.49. The highest BCUT2D eigenvalue weighted by molar-refractivity contribution is 9.10. The number of aromatic nitrogens is 5. The third kappa shape index (κ3) is 3.60. The molecule has 0 saturated carbocycles. The monoisotopic (exact) mass is 490 g/mol. The van der Waals surface area contributed by atoms with E-state index in [1.807, 2.05) is 24.3 Å². The smallest absolute Gasteiger partial charge is 0.324 e. The molecule has 3 aromatic heterocycles. The van der Waals surface area contributed by atoms with Gasteiger partial charge in [-0.3, -0.25) is 4.79 Å². The minimum absolute atomic E-state index is 0.194. The van der Waals surface area contributed by atoms with Crippen molar-refractivity contribution in [2.24, 2.45) is 0 Å². The van der Waals surface area contributed by atoms with Crippen LogP contribution in [0.2, 0.25) is 0 Å². The third-order valence-electron chi connectivity index (χ3n) is 5.42. The molecule has 0 spiro atoms. The molecule has 0 aliphatic heterocycles. The highest BCUT2D eigenvalue weighted by atomic mass is 79.9. The number of hydrogen-bond acceptors (Lipinski definition) is 4. The van der Waals surface area contributed by atoms with Gasteiger partial charge in [-0.25, -0.2) is 18.4 Å². The van der Waals surface area contributed by atoms with Gasteiger partial charge in [-0.05, 0) is 61.4 Å². The number of carbonyl (C=O) groups excluding carboxylic acids is 1. The van der Waals surface area contributed by atoms with Crippen LogP contribution >= 0.6 is 15.9 Å². The Morgan fingerprint density at radius 1 is 1.00 bits per heavy atom. The molecule has 0 unspecified atom stereocenters. The summed E-state index contributed by atoms with van der Waals surface area (Å²) in [5.74, 6) is -0.335. The van der Waals surface area contributed by atoms with Gasteiger partial charge in [-0.2, -0.15) is 5.10 Å². The lowest BCUT2D eigenvalue weighted by Gasteiger charge is -2.04. The summed E-state index contributed by atoms with van der Waals surface area (Å²) in [4.78, 5) is 25.3. The van der Waals surface area contributed by atoms with E-state index < -0.39 is 0 Å². The summed E-state index contributed by atoms with van der Waals surface area (Å²) in [7, 11) is 0. The van der Waals surface area contributed by atoms with Gasteiger partial charge >= 0.3 is 5.69 Å². The Hall–Kier alpha value is -3.72. The van der Waals surface area contributed by atoms with E-state index in [1.54, 1.807) is 29.0 Å². The molecule has 3 heterocycles. The van der Waals surface area contributed by atoms with Gasteiger partial charge in [0, 0.05) is 28.1 Å². The fourth-order valence-corrected chi connectivity index (χ4v) is 3.81. The van der Waals surface area contributed by atoms with Crippen molar-refractivity contribution in [3.63, 3.8) is 0 Å². The SMILES string of the molecule is Cc1ccc(-c2cc3c4nn(CC(=O)Nc5ccc(Br)cc5)c(=O)n4ccn3n2)cc1C. The second-order valence-electron chi connectivity index (χ2n) is 7.65. The van der Waals surface area contributed by atoms with Crippen LogP contribution in [0.25, 0.3) is 22.4 Å². The molecule has 160 valence electrons. The molecule has 0 radical (unpaired) electrons. The lowest BCUT2D eigenvalue weighted by Crippen LogP contribution is -2.28. The second kappa shape index (κ2) is 7.76. The lowest BCUT2D eigenvalue weighted by atomic mass is 10.0. The van der Waals surface area contributed by atoms with Crippen LogP contribution in [0.3, 0.4) is 0 Å². The van der Waals surface area contributed by atoms with Crippen molar-refractivity contribution >= 4 is 38.7 Å². The van der Waals surface area contributed by atoms with Gasteiger partial charge in [-0.15, -0.1) is 5.10 Å². The zero-order valence-electron chi connectivity index (χ0n) is 17.4. The van der Waals surface area contributed by atoms with Crippen molar-refractivity contribution in [2.45, 2.75) is 20.4 Å². The van der Waals surface area contributed by atoms with E-state index >= 15 is 0 Å². The molecule has 0 aliphatic carbocycles. The maximum atomic E-state index is 12.8. The number of halogens is 1. The van der Waals surface area contributed by atoms with Crippen molar-refractivity contribution in [3.05, 3.63) is 87.0 Å². The lowest BCUT2D eigenvalue weighted by molar-refractivity contribution is -0.117. The number of amides is 1. The number of rotatable bonds is 4. The molecule has 2 aromatic carbocycles. The molecule has 1 N–H and O–H groups in total. The molecule has 8 nitrogen and oxygen atoms in total. The summed E-state index contributed by atoms with van der Waals surface area (Å²) in [6, 6.07) is 15.3. The van der Waals surface area contributed by atoms with E-state index in [0.717, 1.165) is 20.4 Å². The van der Waals surface area contributed by atoms with Crippen molar-refractivity contribution in [1.29, 1.82) is 0 Å². The van der Waals surface area contributed by atoms with Gasteiger partial charge in [-0.1, -0.05) is 28.1 Å². The number of nitrogens with one attached hydrogen (secondary N) is 1. The van der Waals surface area contributed by atoms with E-state index in [9.17, 15) is 9.59 Å². The quantitative estimate of drug-likeness (QED) is 0.414. The zero-order chi connectivity index (χ0) is 22.4. The van der Waals surface area contributed by atoms with Gasteiger partial charge in [0.2, 0.25) is 5.91 Å². The molecular formula is C23H19BrN6O2. The highest BCUT2D eigenvalue weighted by Gasteiger charge is 2.15. The Morgan fingerprint density at radius 3 is 2.53 bits per heavy atom. The minimum atomic E-state index is -0.387. The Labute approximate surface area is 191 Å². The Morgan fingerprint density at radius 2 is 1.78 bits per heavy atom. The first-order valence-corrected chi connectivity index (χ1v) is 10.8. The number of aryl methyl sites for hydroxylation is 2. The van der Waals surface area contributed by atoms with Crippen LogP contribution in [0.5, 0.6) is 0 Å². The number of hydrogen-bond donors (Lipinski definition) is 1. The number of fused-ring (bicyclic) bond motifs is 3. The normalized spacial score (nSPS) is 11.3. The van der Waals surface area contributed by atoms with Crippen LogP contribution in [0.15, 0.2) is 70.2 Å². The average molecular weight is 491 g/mol. The number of anilines is 1. The van der Waals surface area contributed by atoms with Crippen LogP contribution in [-0.4, -0.2) is 29.7 Å². The minimum Gasteiger partial charge on any atom is -0.324 e. The fourth-order valence-electron chi connectivity index (χ4n) is 3.55. The molecule has 0 saturated heterocycles. The summed E-state index contributed by atoms with van der Waals surface area (Å²) < 4.78 is 5.19. The Bertz CT molecular complexity index is 1550. The average Bonchev–Trinajstić information content (AvgIpc) is 3.33. The standard InChI is InChI=1S/C23H19BrN6O2/c1-14-3-4-16(11-15(14)2)19-12-20-22-27-30(23(32)28(22)9-10-29(20)26-19)13-21(31)25-18-7-5-17(24)6-8-18/h3-12H,13H2,1-2H3,(H,25,31). The van der Waals surface area contributed by atoms with Gasteiger partial charge in [0.1, 0.15) is 12.1 Å². The number of nitrogens with zero attached hydrogens (tertiary/aromatic N) is 5. The van der Waals surface area contributed by atoms with E-state index in [4.69, 9.17) is 0 Å². The molecule has 5 aromatic rings. The summed E-state index contributed by atoms with van der Waals surface area (Å²) in [6.45, 7) is 3.94. The molecule has 5 rings (SSSR count). The molecule has 32 heavy (non-hydrogen) atoms. The Kier molecular flexibility index (Phi) is 4.90. The summed E-state index contributed by atoms with van der Waals surface area (Å²) in [5.41, 5.74) is 5.56. The second-order valence-corrected chi connectivity index (χ2v) is 8.56. The summed E-state index contributed by atoms with van der Waals surface area (Å²) in [6.07, 6.45) is 3.32. The van der Waals surface area contributed by atoms with Gasteiger partial charge in [0.25, 0.3) is 0 Å². The van der Waals surface area contributed by atoms with E-state index in [0.29, 0.717) is 16.9 Å². The first-order chi connectivity index (χ1) is 15.4.